The average Bonchev–Trinajstić information content (AvgIpc) is 3.04. The first-order valence-electron chi connectivity index (χ1n) is 11.3. The molecule has 1 aliphatic heterocycles. The second-order valence-electron chi connectivity index (χ2n) is 8.77. The van der Waals surface area contributed by atoms with Gasteiger partial charge in [-0.1, -0.05) is 31.0 Å². The van der Waals surface area contributed by atoms with Gasteiger partial charge in [-0.15, -0.1) is 0 Å². The van der Waals surface area contributed by atoms with Crippen LogP contribution in [0.5, 0.6) is 0 Å². The standard InChI is InChI=1S/C23H37NO7S/c1-5-6-14-29-22(26)24-20(17-30-23(24,3)4)15-19(8-7-13-25)16-31-32(27,28)21-11-9-18(2)10-12-21/h9-12,19-20,25H,5-8,13-17H2,1-4H3. The summed E-state index contributed by atoms with van der Waals surface area (Å²) in [6.07, 6.45) is 2.84. The van der Waals surface area contributed by atoms with Gasteiger partial charge in [-0.3, -0.25) is 9.08 Å². The minimum atomic E-state index is -3.90. The monoisotopic (exact) mass is 471 g/mol. The third-order valence-corrected chi connectivity index (χ3v) is 6.93. The number of aliphatic hydroxyl groups is 1. The molecule has 182 valence electrons. The van der Waals surface area contributed by atoms with Crippen LogP contribution in [-0.2, 0) is 23.8 Å². The van der Waals surface area contributed by atoms with Crippen LogP contribution in [0.15, 0.2) is 29.2 Å². The van der Waals surface area contributed by atoms with E-state index in [1.165, 1.54) is 12.1 Å². The van der Waals surface area contributed by atoms with Crippen LogP contribution in [-0.4, -0.2) is 62.7 Å². The molecule has 2 rings (SSSR count). The van der Waals surface area contributed by atoms with E-state index in [1.54, 1.807) is 17.0 Å². The number of unbranched alkanes of at least 4 members (excludes halogenated alkanes) is 1. The summed E-state index contributed by atoms with van der Waals surface area (Å²) < 4.78 is 41.8. The molecule has 0 radical (unpaired) electrons. The summed E-state index contributed by atoms with van der Waals surface area (Å²) in [6.45, 7) is 8.17. The predicted octanol–water partition coefficient (Wildman–Crippen LogP) is 3.85. The summed E-state index contributed by atoms with van der Waals surface area (Å²) in [5.74, 6) is -0.184. The van der Waals surface area contributed by atoms with E-state index in [1.807, 2.05) is 27.7 Å². The fourth-order valence-electron chi connectivity index (χ4n) is 3.79. The smallest absolute Gasteiger partial charge is 0.412 e. The molecule has 0 aliphatic carbocycles. The summed E-state index contributed by atoms with van der Waals surface area (Å²) in [6, 6.07) is 6.22. The van der Waals surface area contributed by atoms with Gasteiger partial charge in [0.2, 0.25) is 0 Å². The van der Waals surface area contributed by atoms with Crippen LogP contribution in [0.4, 0.5) is 4.79 Å². The van der Waals surface area contributed by atoms with Crippen LogP contribution in [0.2, 0.25) is 0 Å². The SMILES string of the molecule is CCCCOC(=O)N1C(CC(CCCO)COS(=O)(=O)c2ccc(C)cc2)COC1(C)C. The molecule has 2 atom stereocenters. The Balaban J connectivity index is 2.07. The molecular formula is C23H37NO7S. The summed E-state index contributed by atoms with van der Waals surface area (Å²) in [4.78, 5) is 14.4. The molecular weight excluding hydrogens is 434 g/mol. The van der Waals surface area contributed by atoms with Crippen LogP contribution < -0.4 is 0 Å². The maximum absolute atomic E-state index is 12.7. The van der Waals surface area contributed by atoms with Crippen LogP contribution in [0.25, 0.3) is 0 Å². The van der Waals surface area contributed by atoms with Crippen LogP contribution in [0, 0.1) is 12.8 Å². The van der Waals surface area contributed by atoms with E-state index in [4.69, 9.17) is 13.7 Å². The molecule has 1 fully saturated rings. The van der Waals surface area contributed by atoms with Crippen LogP contribution in [0.1, 0.15) is 58.4 Å². The second-order valence-corrected chi connectivity index (χ2v) is 10.4. The van der Waals surface area contributed by atoms with Gasteiger partial charge in [-0.05, 0) is 64.5 Å². The van der Waals surface area contributed by atoms with Crippen molar-refractivity contribution in [1.82, 2.24) is 4.90 Å². The molecule has 0 spiro atoms. The molecule has 1 heterocycles. The molecule has 0 aromatic heterocycles. The van der Waals surface area contributed by atoms with E-state index < -0.39 is 21.9 Å². The average molecular weight is 472 g/mol. The fraction of sp³-hybridized carbons (Fsp3) is 0.696. The molecule has 8 nitrogen and oxygen atoms in total. The molecule has 1 aliphatic rings. The zero-order chi connectivity index (χ0) is 23.8. The number of carbonyl (C=O) groups excluding carboxylic acids is 1. The number of ether oxygens (including phenoxy) is 2. The second kappa shape index (κ2) is 12.0. The minimum Gasteiger partial charge on any atom is -0.449 e. The highest BCUT2D eigenvalue weighted by atomic mass is 32.2. The number of carbonyl (C=O) groups is 1. The van der Waals surface area contributed by atoms with E-state index in [-0.39, 0.29) is 30.1 Å². The number of aryl methyl sites for hydroxylation is 1. The van der Waals surface area contributed by atoms with Crippen molar-refractivity contribution in [2.24, 2.45) is 5.92 Å². The maximum atomic E-state index is 12.7. The maximum Gasteiger partial charge on any atom is 0.412 e. The Hall–Kier alpha value is -1.68. The lowest BCUT2D eigenvalue weighted by Crippen LogP contribution is -2.48. The number of amides is 1. The van der Waals surface area contributed by atoms with Gasteiger partial charge in [-0.2, -0.15) is 8.42 Å². The van der Waals surface area contributed by atoms with Gasteiger partial charge in [-0.25, -0.2) is 4.79 Å². The predicted molar refractivity (Wildman–Crippen MR) is 121 cm³/mol. The first-order valence-corrected chi connectivity index (χ1v) is 12.7. The normalized spacial score (nSPS) is 19.2. The molecule has 1 saturated heterocycles. The number of rotatable bonds is 12. The van der Waals surface area contributed by atoms with Crippen LogP contribution >= 0.6 is 0 Å². The van der Waals surface area contributed by atoms with Crippen molar-refractivity contribution in [2.75, 3.05) is 26.4 Å². The van der Waals surface area contributed by atoms with E-state index >= 15 is 0 Å². The van der Waals surface area contributed by atoms with E-state index in [9.17, 15) is 18.3 Å². The van der Waals surface area contributed by atoms with Gasteiger partial charge in [0, 0.05) is 6.61 Å². The molecule has 0 saturated carbocycles. The lowest BCUT2D eigenvalue weighted by molar-refractivity contribution is -0.0489. The Morgan fingerprint density at radius 1 is 1.28 bits per heavy atom. The topological polar surface area (TPSA) is 102 Å². The molecule has 1 aromatic rings. The van der Waals surface area contributed by atoms with Gasteiger partial charge in [0.1, 0.15) is 5.72 Å². The van der Waals surface area contributed by atoms with Crippen molar-refractivity contribution in [2.45, 2.75) is 76.5 Å². The van der Waals surface area contributed by atoms with Crippen molar-refractivity contribution in [3.05, 3.63) is 29.8 Å². The Morgan fingerprint density at radius 2 is 1.97 bits per heavy atom. The van der Waals surface area contributed by atoms with Crippen molar-refractivity contribution < 1.29 is 32.0 Å². The number of benzene rings is 1. The molecule has 1 N–H and O–H groups in total. The molecule has 1 amide bonds. The Labute approximate surface area is 192 Å². The Kier molecular flexibility index (Phi) is 9.94. The quantitative estimate of drug-likeness (QED) is 0.365. The van der Waals surface area contributed by atoms with Crippen LogP contribution in [0.3, 0.4) is 0 Å². The number of aliphatic hydroxyl groups excluding tert-OH is 1. The van der Waals surface area contributed by atoms with Gasteiger partial charge in [0.15, 0.2) is 0 Å². The summed E-state index contributed by atoms with van der Waals surface area (Å²) in [7, 11) is -3.90. The van der Waals surface area contributed by atoms with Gasteiger partial charge < -0.3 is 14.6 Å². The fourth-order valence-corrected chi connectivity index (χ4v) is 4.77. The summed E-state index contributed by atoms with van der Waals surface area (Å²) in [5, 5.41) is 9.28. The highest BCUT2D eigenvalue weighted by Gasteiger charge is 2.45. The number of hydrogen-bond acceptors (Lipinski definition) is 7. The van der Waals surface area contributed by atoms with Gasteiger partial charge in [0.05, 0.1) is 30.8 Å². The summed E-state index contributed by atoms with van der Waals surface area (Å²) >= 11 is 0. The van der Waals surface area contributed by atoms with E-state index in [2.05, 4.69) is 0 Å². The van der Waals surface area contributed by atoms with E-state index in [0.29, 0.717) is 32.5 Å². The van der Waals surface area contributed by atoms with Gasteiger partial charge >= 0.3 is 6.09 Å². The third-order valence-electron chi connectivity index (χ3n) is 5.64. The number of hydrogen-bond donors (Lipinski definition) is 1. The van der Waals surface area contributed by atoms with Crippen molar-refractivity contribution >= 4 is 16.2 Å². The van der Waals surface area contributed by atoms with Gasteiger partial charge in [0.25, 0.3) is 10.1 Å². The molecule has 1 aromatic carbocycles. The lowest BCUT2D eigenvalue weighted by atomic mass is 9.95. The Morgan fingerprint density at radius 3 is 2.59 bits per heavy atom. The lowest BCUT2D eigenvalue weighted by Gasteiger charge is -2.34. The van der Waals surface area contributed by atoms with Crippen molar-refractivity contribution in [3.8, 4) is 0 Å². The van der Waals surface area contributed by atoms with Crippen molar-refractivity contribution in [1.29, 1.82) is 0 Å². The summed E-state index contributed by atoms with van der Waals surface area (Å²) in [5.41, 5.74) is 0.143. The Bertz CT molecular complexity index is 823. The highest BCUT2D eigenvalue weighted by molar-refractivity contribution is 7.86. The first kappa shape index (κ1) is 26.6. The van der Waals surface area contributed by atoms with E-state index in [0.717, 1.165) is 18.4 Å². The molecule has 32 heavy (non-hydrogen) atoms. The third kappa shape index (κ3) is 7.43. The highest BCUT2D eigenvalue weighted by Crippen LogP contribution is 2.32. The first-order chi connectivity index (χ1) is 15.1. The minimum absolute atomic E-state index is 0.00333. The zero-order valence-electron chi connectivity index (χ0n) is 19.6. The molecule has 9 heteroatoms. The molecule has 2 unspecified atom stereocenters. The zero-order valence-corrected chi connectivity index (χ0v) is 20.4. The molecule has 0 bridgehead atoms. The largest absolute Gasteiger partial charge is 0.449 e. The number of nitrogens with zero attached hydrogens (tertiary/aromatic N) is 1. The van der Waals surface area contributed by atoms with Crippen molar-refractivity contribution in [3.63, 3.8) is 0 Å².